The molecule has 4 nitrogen and oxygen atoms in total. The van der Waals surface area contributed by atoms with Gasteiger partial charge in [0.15, 0.2) is 11.4 Å². The largest absolute Gasteiger partial charge is 0.503 e. The van der Waals surface area contributed by atoms with Crippen molar-refractivity contribution in [3.05, 3.63) is 42.0 Å². The van der Waals surface area contributed by atoms with Gasteiger partial charge >= 0.3 is 0 Å². The van der Waals surface area contributed by atoms with Crippen LogP contribution in [0, 0.1) is 0 Å². The first-order chi connectivity index (χ1) is 7.58. The standard InChI is InChI=1S/C12H10N2O2/c13-9-3-1-7(5-11(9)15)8-2-4-10(14)12(16)6-8/h1-6,13,16H,14H2/p+2. The highest BCUT2D eigenvalue weighted by atomic mass is 16.3. The van der Waals surface area contributed by atoms with Gasteiger partial charge in [-0.3, -0.25) is 10.2 Å². The molecule has 0 saturated carbocycles. The highest BCUT2D eigenvalue weighted by molar-refractivity contribution is 6.48. The maximum absolute atomic E-state index is 11.4. The van der Waals surface area contributed by atoms with Crippen LogP contribution < -0.4 is 11.1 Å². The molecule has 0 amide bonds. The molecular weight excluding hydrogens is 204 g/mol. The number of ketones is 1. The minimum Gasteiger partial charge on any atom is -0.503 e. The summed E-state index contributed by atoms with van der Waals surface area (Å²) in [5, 5.41) is 15.0. The molecular formula is C12H12N2O2+2. The van der Waals surface area contributed by atoms with Crippen molar-refractivity contribution in [2.45, 2.75) is 0 Å². The summed E-state index contributed by atoms with van der Waals surface area (Å²) in [5.41, 5.74) is 5.93. The van der Waals surface area contributed by atoms with E-state index in [4.69, 9.17) is 5.41 Å². The quantitative estimate of drug-likeness (QED) is 0.525. The number of hydrogen-bond donors (Lipinski definition) is 3. The van der Waals surface area contributed by atoms with Crippen LogP contribution in [0.2, 0.25) is 0 Å². The SMILES string of the molecule is [NH2+]=C1C=CC(c2ccc([NH3+])c(O)c2)=CC1=O. The summed E-state index contributed by atoms with van der Waals surface area (Å²) in [6.07, 6.45) is 4.76. The number of aromatic hydroxyl groups is 1. The number of allylic oxidation sites excluding steroid dienone is 4. The Morgan fingerprint density at radius 2 is 2.00 bits per heavy atom. The second-order valence-corrected chi connectivity index (χ2v) is 3.60. The highest BCUT2D eigenvalue weighted by Gasteiger charge is 2.16. The third kappa shape index (κ3) is 1.78. The van der Waals surface area contributed by atoms with Crippen molar-refractivity contribution in [2.24, 2.45) is 0 Å². The van der Waals surface area contributed by atoms with Gasteiger partial charge in [-0.25, -0.2) is 0 Å². The van der Waals surface area contributed by atoms with Crippen molar-refractivity contribution in [3.8, 4) is 5.75 Å². The van der Waals surface area contributed by atoms with Gasteiger partial charge < -0.3 is 10.8 Å². The van der Waals surface area contributed by atoms with E-state index in [1.54, 1.807) is 30.4 Å². The summed E-state index contributed by atoms with van der Waals surface area (Å²) < 4.78 is 0. The lowest BCUT2D eigenvalue weighted by Crippen LogP contribution is -2.43. The maximum Gasteiger partial charge on any atom is 0.249 e. The van der Waals surface area contributed by atoms with Crippen molar-refractivity contribution >= 4 is 22.8 Å². The van der Waals surface area contributed by atoms with Crippen LogP contribution in [0.4, 0.5) is 5.69 Å². The number of phenols is 1. The molecule has 0 atom stereocenters. The van der Waals surface area contributed by atoms with E-state index in [9.17, 15) is 9.90 Å². The van der Waals surface area contributed by atoms with Crippen LogP contribution in [-0.2, 0) is 4.79 Å². The number of quaternary nitrogens is 1. The Morgan fingerprint density at radius 3 is 2.62 bits per heavy atom. The summed E-state index contributed by atoms with van der Waals surface area (Å²) >= 11 is 0. The number of phenolic OH excluding ortho intramolecular Hbond substituents is 1. The molecule has 0 heterocycles. The first kappa shape index (κ1) is 10.3. The topological polar surface area (TPSA) is 90.5 Å². The van der Waals surface area contributed by atoms with Crippen LogP contribution >= 0.6 is 0 Å². The lowest BCUT2D eigenvalue weighted by Gasteiger charge is -2.06. The molecule has 16 heavy (non-hydrogen) atoms. The molecule has 80 valence electrons. The monoisotopic (exact) mass is 216 g/mol. The molecule has 1 aliphatic rings. The van der Waals surface area contributed by atoms with Crippen molar-refractivity contribution < 1.29 is 21.0 Å². The molecule has 1 aromatic rings. The van der Waals surface area contributed by atoms with Crippen LogP contribution in [0.5, 0.6) is 5.75 Å². The van der Waals surface area contributed by atoms with Crippen LogP contribution in [0.25, 0.3) is 5.57 Å². The minimum absolute atomic E-state index is 0.113. The fourth-order valence-corrected chi connectivity index (χ4v) is 1.46. The van der Waals surface area contributed by atoms with E-state index in [2.05, 4.69) is 5.73 Å². The zero-order chi connectivity index (χ0) is 11.7. The minimum atomic E-state index is -0.212. The summed E-state index contributed by atoms with van der Waals surface area (Å²) in [6.45, 7) is 0. The Hall–Kier alpha value is -2.20. The third-order valence-corrected chi connectivity index (χ3v) is 2.43. The van der Waals surface area contributed by atoms with Crippen LogP contribution in [0.15, 0.2) is 36.4 Å². The smallest absolute Gasteiger partial charge is 0.249 e. The van der Waals surface area contributed by atoms with E-state index in [0.29, 0.717) is 5.69 Å². The molecule has 6 N–H and O–H groups in total. The summed E-state index contributed by atoms with van der Waals surface area (Å²) in [4.78, 5) is 11.4. The van der Waals surface area contributed by atoms with E-state index in [1.165, 1.54) is 6.08 Å². The third-order valence-electron chi connectivity index (χ3n) is 2.43. The Morgan fingerprint density at radius 1 is 1.25 bits per heavy atom. The lowest BCUT2D eigenvalue weighted by atomic mass is 9.97. The first-order valence-electron chi connectivity index (χ1n) is 4.80. The number of carbonyl (C=O) groups excluding carboxylic acids is 1. The fourth-order valence-electron chi connectivity index (χ4n) is 1.46. The molecule has 2 rings (SSSR count). The number of rotatable bonds is 1. The Kier molecular flexibility index (Phi) is 2.42. The van der Waals surface area contributed by atoms with Crippen LogP contribution in [0.1, 0.15) is 5.56 Å². The van der Waals surface area contributed by atoms with Gasteiger partial charge in [0.2, 0.25) is 11.5 Å². The molecule has 0 radical (unpaired) electrons. The molecule has 0 saturated heterocycles. The number of benzene rings is 1. The number of carbonyl (C=O) groups is 1. The maximum atomic E-state index is 11.4. The predicted octanol–water partition coefficient (Wildman–Crippen LogP) is -1.01. The van der Waals surface area contributed by atoms with E-state index in [1.807, 2.05) is 0 Å². The molecule has 0 spiro atoms. The summed E-state index contributed by atoms with van der Waals surface area (Å²) in [6, 6.07) is 5.08. The van der Waals surface area contributed by atoms with Crippen molar-refractivity contribution in [2.75, 3.05) is 0 Å². The average Bonchev–Trinajstić information content (AvgIpc) is 2.26. The molecule has 0 aromatic heterocycles. The van der Waals surface area contributed by atoms with Gasteiger partial charge in [-0.2, -0.15) is 0 Å². The van der Waals surface area contributed by atoms with Gasteiger partial charge in [-0.1, -0.05) is 0 Å². The summed E-state index contributed by atoms with van der Waals surface area (Å²) in [7, 11) is 0. The Bertz CT molecular complexity index is 542. The second-order valence-electron chi connectivity index (χ2n) is 3.60. The van der Waals surface area contributed by atoms with Gasteiger partial charge in [-0.05, 0) is 29.3 Å². The first-order valence-corrected chi connectivity index (χ1v) is 4.80. The average molecular weight is 216 g/mol. The molecule has 0 fully saturated rings. The van der Waals surface area contributed by atoms with Gasteiger partial charge in [0.1, 0.15) is 0 Å². The lowest BCUT2D eigenvalue weighted by molar-refractivity contribution is -0.256. The van der Waals surface area contributed by atoms with E-state index < -0.39 is 0 Å². The van der Waals surface area contributed by atoms with Crippen molar-refractivity contribution in [1.82, 2.24) is 0 Å². The highest BCUT2D eigenvalue weighted by Crippen LogP contribution is 2.25. The van der Waals surface area contributed by atoms with Crippen LogP contribution in [0.3, 0.4) is 0 Å². The van der Waals surface area contributed by atoms with Gasteiger partial charge in [0.05, 0.1) is 0 Å². The Labute approximate surface area is 92.2 Å². The fraction of sp³-hybridized carbons (Fsp3) is 0. The molecule has 0 aliphatic heterocycles. The van der Waals surface area contributed by atoms with Gasteiger partial charge in [0, 0.05) is 18.2 Å². The predicted molar refractivity (Wildman–Crippen MR) is 59.7 cm³/mol. The molecule has 0 bridgehead atoms. The molecule has 1 aliphatic carbocycles. The van der Waals surface area contributed by atoms with Gasteiger partial charge in [0.25, 0.3) is 0 Å². The van der Waals surface area contributed by atoms with Crippen molar-refractivity contribution in [1.29, 1.82) is 0 Å². The molecule has 0 unspecified atom stereocenters. The van der Waals surface area contributed by atoms with Crippen molar-refractivity contribution in [3.63, 3.8) is 0 Å². The van der Waals surface area contributed by atoms with Crippen LogP contribution in [-0.4, -0.2) is 16.6 Å². The zero-order valence-electron chi connectivity index (χ0n) is 8.60. The van der Waals surface area contributed by atoms with E-state index >= 15 is 0 Å². The zero-order valence-corrected chi connectivity index (χ0v) is 8.60. The summed E-state index contributed by atoms with van der Waals surface area (Å²) in [5.74, 6) is -0.0996. The van der Waals surface area contributed by atoms with E-state index in [0.717, 1.165) is 11.1 Å². The number of nitrogens with two attached hydrogens (primary N) is 1. The number of hydrogen-bond acceptors (Lipinski definition) is 2. The second kappa shape index (κ2) is 3.75. The molecule has 4 heteroatoms. The van der Waals surface area contributed by atoms with Gasteiger partial charge in [-0.15, -0.1) is 0 Å². The normalized spacial score (nSPS) is 15.2. The van der Waals surface area contributed by atoms with E-state index in [-0.39, 0.29) is 17.2 Å². The Balaban J connectivity index is 2.43. The molecule has 1 aromatic carbocycles.